The second-order valence-electron chi connectivity index (χ2n) is 7.22. The van der Waals surface area contributed by atoms with E-state index in [1.165, 1.54) is 12.8 Å². The van der Waals surface area contributed by atoms with Gasteiger partial charge in [-0.2, -0.15) is 5.10 Å². The molecule has 0 N–H and O–H groups in total. The Bertz CT molecular complexity index is 808. The molecule has 8 heteroatoms. The third-order valence-corrected chi connectivity index (χ3v) is 6.12. The number of hydrogen-bond acceptors (Lipinski definition) is 7. The monoisotopic (exact) mass is 374 g/mol. The summed E-state index contributed by atoms with van der Waals surface area (Å²) in [5, 5.41) is 15.1. The minimum Gasteiger partial charge on any atom is -0.299 e. The largest absolute Gasteiger partial charge is 0.299 e. The van der Waals surface area contributed by atoms with Crippen LogP contribution in [0.15, 0.2) is 10.9 Å². The quantitative estimate of drug-likeness (QED) is 0.781. The minimum absolute atomic E-state index is 0.0518. The van der Waals surface area contributed by atoms with Crippen LogP contribution in [0.4, 0.5) is 0 Å². The van der Waals surface area contributed by atoms with Crippen molar-refractivity contribution in [1.82, 2.24) is 29.8 Å². The highest BCUT2D eigenvalue weighted by Gasteiger charge is 2.19. The fraction of sp³-hybridized carbons (Fsp3) is 0.667. The Morgan fingerprint density at radius 1 is 1.04 bits per heavy atom. The average molecular weight is 375 g/mol. The van der Waals surface area contributed by atoms with Crippen LogP contribution >= 0.6 is 11.3 Å². The van der Waals surface area contributed by atoms with Crippen LogP contribution < -0.4 is 5.56 Å². The van der Waals surface area contributed by atoms with Gasteiger partial charge in [0.1, 0.15) is 10.0 Å². The molecular formula is C18H26N6OS. The maximum absolute atomic E-state index is 12.3. The van der Waals surface area contributed by atoms with E-state index >= 15 is 0 Å². The fourth-order valence-electron chi connectivity index (χ4n) is 3.76. The molecule has 3 heterocycles. The van der Waals surface area contributed by atoms with E-state index in [0.717, 1.165) is 73.4 Å². The molecule has 0 aromatic carbocycles. The topological polar surface area (TPSA) is 67.2 Å². The van der Waals surface area contributed by atoms with E-state index < -0.39 is 0 Å². The summed E-state index contributed by atoms with van der Waals surface area (Å²) >= 11 is 1.68. The molecule has 2 aromatic heterocycles. The van der Waals surface area contributed by atoms with E-state index in [0.29, 0.717) is 6.54 Å². The highest BCUT2D eigenvalue weighted by Crippen LogP contribution is 2.17. The molecule has 1 fully saturated rings. The van der Waals surface area contributed by atoms with Crippen molar-refractivity contribution in [2.45, 2.75) is 45.7 Å². The number of fused-ring (bicyclic) bond motifs is 1. The zero-order valence-corrected chi connectivity index (χ0v) is 16.2. The molecule has 1 aliphatic heterocycles. The van der Waals surface area contributed by atoms with E-state index in [4.69, 9.17) is 0 Å². The van der Waals surface area contributed by atoms with Gasteiger partial charge in [-0.1, -0.05) is 0 Å². The first-order valence-electron chi connectivity index (χ1n) is 9.51. The van der Waals surface area contributed by atoms with Gasteiger partial charge in [0.25, 0.3) is 5.56 Å². The van der Waals surface area contributed by atoms with E-state index in [-0.39, 0.29) is 5.56 Å². The van der Waals surface area contributed by atoms with Crippen molar-refractivity contribution in [2.24, 2.45) is 0 Å². The Labute approximate surface area is 157 Å². The second kappa shape index (κ2) is 7.94. The van der Waals surface area contributed by atoms with Gasteiger partial charge in [0.15, 0.2) is 0 Å². The molecule has 0 unspecified atom stereocenters. The first kappa shape index (κ1) is 17.8. The van der Waals surface area contributed by atoms with Crippen molar-refractivity contribution in [3.8, 4) is 0 Å². The summed E-state index contributed by atoms with van der Waals surface area (Å²) in [5.74, 6) is 0. The predicted octanol–water partition coefficient (Wildman–Crippen LogP) is 1.10. The lowest BCUT2D eigenvalue weighted by atomic mass is 9.97. The molecule has 2 aromatic rings. The lowest BCUT2D eigenvalue weighted by Crippen LogP contribution is -2.47. The summed E-state index contributed by atoms with van der Waals surface area (Å²) in [6.07, 6.45) is 4.39. The molecule has 0 saturated carbocycles. The SMILES string of the molecule is Cc1nnc(CN2CCN(CCn3nc4c(cc3=O)CCCC4)CC2)s1. The number of aryl methyl sites for hydroxylation is 3. The Morgan fingerprint density at radius 2 is 1.81 bits per heavy atom. The summed E-state index contributed by atoms with van der Waals surface area (Å²) in [6, 6.07) is 1.81. The van der Waals surface area contributed by atoms with Gasteiger partial charge in [-0.15, -0.1) is 21.5 Å². The van der Waals surface area contributed by atoms with Gasteiger partial charge < -0.3 is 0 Å². The zero-order chi connectivity index (χ0) is 17.9. The molecule has 4 rings (SSSR count). The molecule has 0 atom stereocenters. The van der Waals surface area contributed by atoms with Crippen LogP contribution in [0.25, 0.3) is 0 Å². The Kier molecular flexibility index (Phi) is 5.42. The van der Waals surface area contributed by atoms with Crippen LogP contribution in [0.2, 0.25) is 0 Å². The van der Waals surface area contributed by atoms with Gasteiger partial charge >= 0.3 is 0 Å². The van der Waals surface area contributed by atoms with Crippen molar-refractivity contribution in [2.75, 3.05) is 32.7 Å². The molecule has 0 amide bonds. The molecular weight excluding hydrogens is 348 g/mol. The van der Waals surface area contributed by atoms with Gasteiger partial charge in [-0.05, 0) is 38.2 Å². The summed E-state index contributed by atoms with van der Waals surface area (Å²) in [7, 11) is 0. The zero-order valence-electron chi connectivity index (χ0n) is 15.4. The molecule has 0 spiro atoms. The summed E-state index contributed by atoms with van der Waals surface area (Å²) < 4.78 is 1.67. The number of hydrogen-bond donors (Lipinski definition) is 0. The third-order valence-electron chi connectivity index (χ3n) is 5.29. The van der Waals surface area contributed by atoms with Crippen molar-refractivity contribution in [1.29, 1.82) is 0 Å². The van der Waals surface area contributed by atoms with Crippen molar-refractivity contribution < 1.29 is 0 Å². The van der Waals surface area contributed by atoms with E-state index in [9.17, 15) is 4.79 Å². The average Bonchev–Trinajstić information content (AvgIpc) is 3.06. The first-order chi connectivity index (χ1) is 12.7. The molecule has 7 nitrogen and oxygen atoms in total. The number of piperazine rings is 1. The molecule has 26 heavy (non-hydrogen) atoms. The van der Waals surface area contributed by atoms with Crippen LogP contribution in [0, 0.1) is 6.92 Å². The van der Waals surface area contributed by atoms with Crippen LogP contribution in [-0.4, -0.2) is 62.5 Å². The standard InChI is InChI=1S/C18H26N6OS/c1-14-19-20-17(26-14)13-23-8-6-22(7-9-23)10-11-24-18(25)12-15-4-2-3-5-16(15)21-24/h12H,2-11,13H2,1H3. The smallest absolute Gasteiger partial charge is 0.267 e. The molecule has 2 aliphatic rings. The maximum atomic E-state index is 12.3. The van der Waals surface area contributed by atoms with Crippen LogP contribution in [0.1, 0.15) is 34.1 Å². The molecule has 1 aliphatic carbocycles. The number of rotatable bonds is 5. The normalized spacial score (nSPS) is 18.8. The Morgan fingerprint density at radius 3 is 2.58 bits per heavy atom. The molecule has 140 valence electrons. The Balaban J connectivity index is 1.28. The first-order valence-corrected chi connectivity index (χ1v) is 10.3. The number of aromatic nitrogens is 4. The van der Waals surface area contributed by atoms with Gasteiger partial charge in [-0.3, -0.25) is 14.6 Å². The predicted molar refractivity (Wildman–Crippen MR) is 102 cm³/mol. The molecule has 0 bridgehead atoms. The lowest BCUT2D eigenvalue weighted by Gasteiger charge is -2.34. The van der Waals surface area contributed by atoms with Crippen LogP contribution in [-0.2, 0) is 25.9 Å². The molecule has 1 saturated heterocycles. The maximum Gasteiger partial charge on any atom is 0.267 e. The molecule has 0 radical (unpaired) electrons. The van der Waals surface area contributed by atoms with Crippen molar-refractivity contribution >= 4 is 11.3 Å². The van der Waals surface area contributed by atoms with Crippen LogP contribution in [0.3, 0.4) is 0 Å². The summed E-state index contributed by atoms with van der Waals surface area (Å²) in [5.41, 5.74) is 2.35. The van der Waals surface area contributed by atoms with Crippen molar-refractivity contribution in [3.05, 3.63) is 37.7 Å². The summed E-state index contributed by atoms with van der Waals surface area (Å²) in [6.45, 7) is 8.57. The third kappa shape index (κ3) is 4.19. The van der Waals surface area contributed by atoms with Gasteiger partial charge in [0.2, 0.25) is 0 Å². The van der Waals surface area contributed by atoms with E-state index in [1.807, 2.05) is 13.0 Å². The van der Waals surface area contributed by atoms with Crippen molar-refractivity contribution in [3.63, 3.8) is 0 Å². The Hall–Kier alpha value is -1.64. The van der Waals surface area contributed by atoms with Crippen LogP contribution in [0.5, 0.6) is 0 Å². The summed E-state index contributed by atoms with van der Waals surface area (Å²) in [4.78, 5) is 17.1. The van der Waals surface area contributed by atoms with Gasteiger partial charge in [0, 0.05) is 38.8 Å². The highest BCUT2D eigenvalue weighted by atomic mass is 32.1. The fourth-order valence-corrected chi connectivity index (χ4v) is 4.51. The minimum atomic E-state index is 0.0518. The second-order valence-corrected chi connectivity index (χ2v) is 8.48. The van der Waals surface area contributed by atoms with E-state index in [1.54, 1.807) is 16.0 Å². The van der Waals surface area contributed by atoms with E-state index in [2.05, 4.69) is 25.1 Å². The van der Waals surface area contributed by atoms with Gasteiger partial charge in [0.05, 0.1) is 18.8 Å². The lowest BCUT2D eigenvalue weighted by molar-refractivity contribution is 0.122. The highest BCUT2D eigenvalue weighted by molar-refractivity contribution is 7.11. The van der Waals surface area contributed by atoms with Gasteiger partial charge in [-0.25, -0.2) is 4.68 Å². The number of nitrogens with zero attached hydrogens (tertiary/aromatic N) is 6.